The van der Waals surface area contributed by atoms with Gasteiger partial charge in [0.1, 0.15) is 0 Å². The quantitative estimate of drug-likeness (QED) is 0.588. The van der Waals surface area contributed by atoms with Crippen LogP contribution in [0.25, 0.3) is 0 Å². The van der Waals surface area contributed by atoms with Gasteiger partial charge in [-0.15, -0.1) is 0 Å². The van der Waals surface area contributed by atoms with Gasteiger partial charge in [-0.3, -0.25) is 0 Å². The minimum atomic E-state index is -0.667. The predicted octanol–water partition coefficient (Wildman–Crippen LogP) is 1.67. The Morgan fingerprint density at radius 3 is 1.50 bits per heavy atom. The van der Waals surface area contributed by atoms with Crippen LogP contribution < -0.4 is 0 Å². The Morgan fingerprint density at radius 1 is 1.50 bits per heavy atom. The molecule has 0 atom stereocenters. The van der Waals surface area contributed by atoms with Crippen molar-refractivity contribution >= 4 is 35.4 Å². The van der Waals surface area contributed by atoms with Gasteiger partial charge in [0.25, 0.3) is 0 Å². The van der Waals surface area contributed by atoms with Gasteiger partial charge in [-0.2, -0.15) is 0 Å². The molecule has 0 aromatic rings. The molecule has 0 saturated heterocycles. The molecule has 0 fully saturated rings. The molecule has 0 aliphatic rings. The number of halogens is 1. The van der Waals surface area contributed by atoms with E-state index in [1.165, 1.54) is 0 Å². The molecule has 0 amide bonds. The molecule has 24 valence electrons. The van der Waals surface area contributed by atoms with E-state index < -0.39 is 17.3 Å². The van der Waals surface area contributed by atoms with Gasteiger partial charge >= 0.3 is 44.8 Å². The van der Waals surface area contributed by atoms with Crippen LogP contribution in [0.1, 0.15) is 0 Å². The van der Waals surface area contributed by atoms with Crippen molar-refractivity contribution in [3.63, 3.8) is 0 Å². The molecule has 0 radical (unpaired) electrons. The summed E-state index contributed by atoms with van der Waals surface area (Å²) < 4.78 is 4.73. The van der Waals surface area contributed by atoms with Gasteiger partial charge in [0.15, 0.2) is 0 Å². The van der Waals surface area contributed by atoms with E-state index in [2.05, 4.69) is 27.5 Å². The molecule has 0 aromatic carbocycles. The molecular formula is C2H6IIn. The summed E-state index contributed by atoms with van der Waals surface area (Å²) in [4.78, 5) is 0. The first kappa shape index (κ1) is 5.60. The van der Waals surface area contributed by atoms with Crippen molar-refractivity contribution in [1.82, 2.24) is 0 Å². The zero-order valence-electron chi connectivity index (χ0n) is 2.96. The second kappa shape index (κ2) is 2.82. The number of hydrogen-bond donors (Lipinski definition) is 0. The van der Waals surface area contributed by atoms with Gasteiger partial charge in [-0.25, -0.2) is 0 Å². The maximum atomic E-state index is 2.55. The maximum absolute atomic E-state index is 2.55. The van der Waals surface area contributed by atoms with Crippen molar-refractivity contribution in [3.05, 3.63) is 0 Å². The van der Waals surface area contributed by atoms with Gasteiger partial charge in [0.2, 0.25) is 0 Å². The zero-order valence-corrected chi connectivity index (χ0v) is 8.41. The van der Waals surface area contributed by atoms with Crippen molar-refractivity contribution in [3.8, 4) is 0 Å². The Balaban J connectivity index is 2.32. The molecule has 0 spiro atoms. The predicted molar refractivity (Wildman–Crippen MR) is 31.5 cm³/mol. The molecule has 0 saturated carbocycles. The van der Waals surface area contributed by atoms with Crippen molar-refractivity contribution in [1.29, 1.82) is 0 Å². The Bertz CT molecular complexity index is 10.8. The van der Waals surface area contributed by atoms with Crippen LogP contribution in [0, 0.1) is 0 Å². The van der Waals surface area contributed by atoms with Crippen LogP contribution in [0.4, 0.5) is 0 Å². The SMILES string of the molecule is [CH3][In]([CH3])[I]. The van der Waals surface area contributed by atoms with Crippen LogP contribution in [-0.4, -0.2) is 17.3 Å². The van der Waals surface area contributed by atoms with Crippen LogP contribution in [0.5, 0.6) is 0 Å². The summed E-state index contributed by atoms with van der Waals surface area (Å²) in [5.74, 6) is 0. The molecular weight excluding hydrogens is 266 g/mol. The van der Waals surface area contributed by atoms with E-state index in [4.69, 9.17) is 0 Å². The molecule has 0 nitrogen and oxygen atoms in total. The number of rotatable bonds is 0. The Morgan fingerprint density at radius 2 is 1.50 bits per heavy atom. The molecule has 0 bridgehead atoms. The van der Waals surface area contributed by atoms with Gasteiger partial charge in [0, 0.05) is 0 Å². The Labute approximate surface area is 44.3 Å². The molecule has 0 N–H and O–H groups in total. The topological polar surface area (TPSA) is 0 Å². The van der Waals surface area contributed by atoms with Crippen LogP contribution in [0.3, 0.4) is 0 Å². The van der Waals surface area contributed by atoms with Crippen LogP contribution in [0.2, 0.25) is 9.36 Å². The number of hydrogen-bond acceptors (Lipinski definition) is 0. The summed E-state index contributed by atoms with van der Waals surface area (Å²) in [5.41, 5.74) is 0. The third-order valence-corrected chi connectivity index (χ3v) is 0. The van der Waals surface area contributed by atoms with Gasteiger partial charge < -0.3 is 0 Å². The Kier molecular flexibility index (Phi) is 3.94. The molecule has 0 unspecified atom stereocenters. The van der Waals surface area contributed by atoms with E-state index in [-0.39, 0.29) is 0 Å². The van der Waals surface area contributed by atoms with E-state index >= 15 is 0 Å². The van der Waals surface area contributed by atoms with Gasteiger partial charge in [0.05, 0.1) is 0 Å². The zero-order chi connectivity index (χ0) is 3.58. The second-order valence-electron chi connectivity index (χ2n) is 1.01. The van der Waals surface area contributed by atoms with Crippen LogP contribution >= 0.6 is 18.1 Å². The van der Waals surface area contributed by atoms with Crippen molar-refractivity contribution in [2.24, 2.45) is 0 Å². The summed E-state index contributed by atoms with van der Waals surface area (Å²) in [5, 5.41) is 0. The summed E-state index contributed by atoms with van der Waals surface area (Å²) >= 11 is 1.89. The molecule has 0 rings (SSSR count). The summed E-state index contributed by atoms with van der Waals surface area (Å²) in [7, 11) is 0. The Hall–Kier alpha value is 1.60. The first-order valence-corrected chi connectivity index (χ1v) is 17.6. The van der Waals surface area contributed by atoms with E-state index in [1.54, 1.807) is 0 Å². The van der Waals surface area contributed by atoms with E-state index in [9.17, 15) is 0 Å². The average Bonchev–Trinajstić information content (AvgIpc) is 0.811. The molecule has 2 heteroatoms. The first-order chi connectivity index (χ1) is 1.73. The molecule has 4 heavy (non-hydrogen) atoms. The molecule has 0 aliphatic carbocycles. The normalized spacial score (nSPS) is 6.75. The fourth-order valence-corrected chi connectivity index (χ4v) is 0. The fraction of sp³-hybridized carbons (Fsp3) is 1.00. The fourth-order valence-electron chi connectivity index (χ4n) is 0. The monoisotopic (exact) mass is 272 g/mol. The summed E-state index contributed by atoms with van der Waals surface area (Å²) in [6.07, 6.45) is 0. The average molecular weight is 272 g/mol. The third-order valence-electron chi connectivity index (χ3n) is 0. The molecule has 0 aliphatic heterocycles. The van der Waals surface area contributed by atoms with Crippen LogP contribution in [-0.2, 0) is 0 Å². The van der Waals surface area contributed by atoms with Crippen LogP contribution in [0.15, 0.2) is 0 Å². The van der Waals surface area contributed by atoms with E-state index in [0.29, 0.717) is 0 Å². The first-order valence-electron chi connectivity index (χ1n) is 1.37. The van der Waals surface area contributed by atoms with Gasteiger partial charge in [-0.1, -0.05) is 0 Å². The standard InChI is InChI=1S/2CH3.HI.In/h2*1H3;1H;/q;;;+1/p-1. The second-order valence-corrected chi connectivity index (χ2v) is 23.5. The van der Waals surface area contributed by atoms with Crippen molar-refractivity contribution in [2.75, 3.05) is 0 Å². The van der Waals surface area contributed by atoms with Crippen molar-refractivity contribution in [2.45, 2.75) is 9.36 Å². The van der Waals surface area contributed by atoms with E-state index in [0.717, 1.165) is 0 Å². The summed E-state index contributed by atoms with van der Waals surface area (Å²) in [6, 6.07) is 0. The van der Waals surface area contributed by atoms with E-state index in [1.807, 2.05) is 0 Å². The van der Waals surface area contributed by atoms with Gasteiger partial charge in [-0.05, 0) is 0 Å². The van der Waals surface area contributed by atoms with Crippen molar-refractivity contribution < 1.29 is 0 Å². The third kappa shape index (κ3) is 9.51. The minimum absolute atomic E-state index is 0.667. The summed E-state index contributed by atoms with van der Waals surface area (Å²) in [6.45, 7) is 0. The molecule has 0 aromatic heterocycles. The molecule has 0 heterocycles.